The van der Waals surface area contributed by atoms with Gasteiger partial charge in [-0.3, -0.25) is 0 Å². The second-order valence-corrected chi connectivity index (χ2v) is 6.56. The Labute approximate surface area is 168 Å². The molecule has 0 spiro atoms. The molecule has 1 fully saturated rings. The van der Waals surface area contributed by atoms with Crippen molar-refractivity contribution < 1.29 is 49.6 Å². The van der Waals surface area contributed by atoms with Gasteiger partial charge in [-0.1, -0.05) is 18.2 Å². The van der Waals surface area contributed by atoms with Crippen molar-refractivity contribution in [1.29, 1.82) is 0 Å². The quantitative estimate of drug-likeness (QED) is 0.251. The largest absolute Gasteiger partial charge is 0.504 e. The molecule has 1 aromatic rings. The van der Waals surface area contributed by atoms with Gasteiger partial charge in [-0.15, -0.1) is 0 Å². The lowest BCUT2D eigenvalue weighted by molar-refractivity contribution is -0.305. The highest BCUT2D eigenvalue weighted by Crippen LogP contribution is 2.26. The summed E-state index contributed by atoms with van der Waals surface area (Å²) in [5.74, 6) is 0.400. The summed E-state index contributed by atoms with van der Waals surface area (Å²) in [5, 5.41) is 57.8. The summed E-state index contributed by atoms with van der Waals surface area (Å²) >= 11 is 0. The number of phenolic OH excluding ortho intramolecular Hbond substituents is 1. The molecule has 10 nitrogen and oxygen atoms in total. The van der Waals surface area contributed by atoms with Crippen LogP contribution in [0.5, 0.6) is 11.5 Å². The van der Waals surface area contributed by atoms with Crippen molar-refractivity contribution in [3.05, 3.63) is 29.8 Å². The number of benzene rings is 1. The smallest absolute Gasteiger partial charge is 0.186 e. The molecule has 1 aliphatic rings. The highest BCUT2D eigenvalue weighted by molar-refractivity contribution is 5.55. The van der Waals surface area contributed by atoms with Crippen LogP contribution >= 0.6 is 0 Å². The number of methoxy groups -OCH3 is 1. The molecule has 1 aliphatic heterocycles. The Kier molecular flexibility index (Phi) is 9.27. The third kappa shape index (κ3) is 6.63. The summed E-state index contributed by atoms with van der Waals surface area (Å²) in [6, 6.07) is 4.88. The molecule has 1 saturated heterocycles. The predicted octanol–water partition coefficient (Wildman–Crippen LogP) is -1.39. The number of hydrogen-bond donors (Lipinski definition) is 6. The summed E-state index contributed by atoms with van der Waals surface area (Å²) in [4.78, 5) is 0. The fourth-order valence-corrected chi connectivity index (χ4v) is 2.71. The first-order valence-electron chi connectivity index (χ1n) is 9.08. The molecule has 164 valence electrons. The number of phenols is 1. The lowest BCUT2D eigenvalue weighted by atomic mass is 9.99. The molecule has 0 amide bonds. The van der Waals surface area contributed by atoms with Crippen molar-refractivity contribution >= 4 is 6.08 Å². The number of rotatable bonds is 10. The monoisotopic (exact) mass is 416 g/mol. The third-order valence-corrected chi connectivity index (χ3v) is 4.34. The first-order chi connectivity index (χ1) is 13.9. The molecule has 0 aliphatic carbocycles. The Bertz CT molecular complexity index is 650. The minimum absolute atomic E-state index is 0.0448. The van der Waals surface area contributed by atoms with E-state index in [1.54, 1.807) is 24.3 Å². The Balaban J connectivity index is 1.70. The lowest BCUT2D eigenvalue weighted by Gasteiger charge is -2.39. The van der Waals surface area contributed by atoms with Crippen LogP contribution in [0.2, 0.25) is 0 Å². The van der Waals surface area contributed by atoms with Gasteiger partial charge in [0.15, 0.2) is 17.8 Å². The van der Waals surface area contributed by atoms with E-state index in [4.69, 9.17) is 24.1 Å². The van der Waals surface area contributed by atoms with Gasteiger partial charge in [0.1, 0.15) is 30.5 Å². The van der Waals surface area contributed by atoms with Gasteiger partial charge < -0.3 is 49.6 Å². The van der Waals surface area contributed by atoms with E-state index >= 15 is 0 Å². The van der Waals surface area contributed by atoms with Gasteiger partial charge >= 0.3 is 0 Å². The first-order valence-corrected chi connectivity index (χ1v) is 9.08. The van der Waals surface area contributed by atoms with Gasteiger partial charge in [0.2, 0.25) is 0 Å². The van der Waals surface area contributed by atoms with Crippen molar-refractivity contribution in [2.24, 2.45) is 0 Å². The maximum atomic E-state index is 9.91. The normalized spacial score (nSPS) is 28.6. The number of aliphatic hydroxyl groups excluding tert-OH is 5. The van der Waals surface area contributed by atoms with E-state index in [2.05, 4.69) is 0 Å². The van der Waals surface area contributed by atoms with Crippen molar-refractivity contribution in [2.45, 2.75) is 36.8 Å². The number of aliphatic hydroxyl groups is 5. The van der Waals surface area contributed by atoms with Gasteiger partial charge in [-0.2, -0.15) is 0 Å². The van der Waals surface area contributed by atoms with Crippen LogP contribution in [-0.4, -0.2) is 101 Å². The minimum Gasteiger partial charge on any atom is -0.504 e. The molecular formula is C19H28O10. The maximum absolute atomic E-state index is 9.91. The zero-order valence-electron chi connectivity index (χ0n) is 16.0. The zero-order valence-corrected chi connectivity index (χ0v) is 16.0. The van der Waals surface area contributed by atoms with E-state index in [-0.39, 0.29) is 25.6 Å². The van der Waals surface area contributed by atoms with Gasteiger partial charge in [0.05, 0.1) is 33.5 Å². The second kappa shape index (κ2) is 11.4. The Morgan fingerprint density at radius 1 is 1.14 bits per heavy atom. The van der Waals surface area contributed by atoms with Crippen LogP contribution < -0.4 is 4.74 Å². The lowest BCUT2D eigenvalue weighted by Crippen LogP contribution is -2.59. The van der Waals surface area contributed by atoms with E-state index in [1.807, 2.05) is 0 Å². The van der Waals surface area contributed by atoms with Crippen LogP contribution in [0.15, 0.2) is 24.3 Å². The molecule has 0 aromatic heterocycles. The van der Waals surface area contributed by atoms with Gasteiger partial charge in [-0.25, -0.2) is 0 Å². The summed E-state index contributed by atoms with van der Waals surface area (Å²) in [6.45, 7) is -0.655. The molecule has 6 N–H and O–H groups in total. The van der Waals surface area contributed by atoms with Crippen LogP contribution in [0, 0.1) is 0 Å². The molecule has 1 heterocycles. The molecular weight excluding hydrogens is 388 g/mol. The standard InChI is InChI=1S/C19H28O10/c1-26-14-7-11(4-5-13(14)22)3-2-6-27-9-12(21)10-28-19-18(25)17(24)16(23)15(8-20)29-19/h2-5,7,12,15-25H,6,8-10H2,1H3/b3-2+/t12?,15-,16-,17+,18-,19-/m1/s1. The molecule has 29 heavy (non-hydrogen) atoms. The first kappa shape index (κ1) is 23.5. The van der Waals surface area contributed by atoms with E-state index in [0.717, 1.165) is 5.56 Å². The number of ether oxygens (including phenoxy) is 4. The maximum Gasteiger partial charge on any atom is 0.186 e. The zero-order chi connectivity index (χ0) is 21.4. The van der Waals surface area contributed by atoms with Crippen molar-refractivity contribution in [3.8, 4) is 11.5 Å². The second-order valence-electron chi connectivity index (χ2n) is 6.56. The molecule has 10 heteroatoms. The Morgan fingerprint density at radius 2 is 1.90 bits per heavy atom. The van der Waals surface area contributed by atoms with E-state index in [0.29, 0.717) is 5.75 Å². The summed E-state index contributed by atoms with van der Waals surface area (Å²) in [5.41, 5.74) is 0.801. The molecule has 0 saturated carbocycles. The van der Waals surface area contributed by atoms with Crippen LogP contribution in [0.25, 0.3) is 6.08 Å². The van der Waals surface area contributed by atoms with Crippen LogP contribution in [0.1, 0.15) is 5.56 Å². The predicted molar refractivity (Wildman–Crippen MR) is 100 cm³/mol. The Hall–Kier alpha value is -1.76. The van der Waals surface area contributed by atoms with Crippen molar-refractivity contribution in [1.82, 2.24) is 0 Å². The van der Waals surface area contributed by atoms with Gasteiger partial charge in [0.25, 0.3) is 0 Å². The van der Waals surface area contributed by atoms with E-state index in [1.165, 1.54) is 13.2 Å². The average Bonchev–Trinajstić information content (AvgIpc) is 2.72. The topological polar surface area (TPSA) is 158 Å². The van der Waals surface area contributed by atoms with Crippen molar-refractivity contribution in [3.63, 3.8) is 0 Å². The van der Waals surface area contributed by atoms with Gasteiger partial charge in [0, 0.05) is 0 Å². The summed E-state index contributed by atoms with van der Waals surface area (Å²) < 4.78 is 20.7. The van der Waals surface area contributed by atoms with Gasteiger partial charge in [-0.05, 0) is 17.7 Å². The van der Waals surface area contributed by atoms with E-state index < -0.39 is 43.4 Å². The molecule has 0 bridgehead atoms. The number of hydrogen-bond acceptors (Lipinski definition) is 10. The van der Waals surface area contributed by atoms with Crippen LogP contribution in [0.3, 0.4) is 0 Å². The number of aromatic hydroxyl groups is 1. The van der Waals surface area contributed by atoms with Crippen molar-refractivity contribution in [2.75, 3.05) is 33.5 Å². The fraction of sp³-hybridized carbons (Fsp3) is 0.579. The fourth-order valence-electron chi connectivity index (χ4n) is 2.71. The van der Waals surface area contributed by atoms with E-state index in [9.17, 15) is 25.5 Å². The highest BCUT2D eigenvalue weighted by atomic mass is 16.7. The molecule has 1 aromatic carbocycles. The SMILES string of the molecule is COc1cc(/C=C/COCC(O)CO[C@@H]2O[C@H](CO)[C@@H](O)[C@H](O)[C@H]2O)ccc1O. The Morgan fingerprint density at radius 3 is 2.59 bits per heavy atom. The summed E-state index contributed by atoms with van der Waals surface area (Å²) in [7, 11) is 1.46. The minimum atomic E-state index is -1.54. The van der Waals surface area contributed by atoms with Crippen LogP contribution in [-0.2, 0) is 14.2 Å². The molecule has 6 atom stereocenters. The highest BCUT2D eigenvalue weighted by Gasteiger charge is 2.44. The third-order valence-electron chi connectivity index (χ3n) is 4.34. The van der Waals surface area contributed by atoms with Crippen LogP contribution in [0.4, 0.5) is 0 Å². The molecule has 2 rings (SSSR count). The molecule has 1 unspecified atom stereocenters. The molecule has 0 radical (unpaired) electrons. The average molecular weight is 416 g/mol. The summed E-state index contributed by atoms with van der Waals surface area (Å²) in [6.07, 6.45) is -4.45.